The van der Waals surface area contributed by atoms with E-state index in [2.05, 4.69) is 9.97 Å². The number of benzene rings is 4. The molecule has 56 heavy (non-hydrogen) atoms. The first kappa shape index (κ1) is 35.0. The third kappa shape index (κ3) is 6.46. The third-order valence-corrected chi connectivity index (χ3v) is 11.4. The summed E-state index contributed by atoms with van der Waals surface area (Å²) in [6, 6.07) is 39.0. The number of H-pyrrole nitrogens is 2. The maximum absolute atomic E-state index is 11.9. The van der Waals surface area contributed by atoms with Crippen LogP contribution in [0.15, 0.2) is 143 Å². The van der Waals surface area contributed by atoms with Gasteiger partial charge < -0.3 is 19.1 Å². The molecule has 5 heterocycles. The van der Waals surface area contributed by atoms with E-state index < -0.39 is 20.2 Å². The van der Waals surface area contributed by atoms with Crippen molar-refractivity contribution in [2.75, 3.05) is 0 Å². The number of rotatable bonds is 6. The van der Waals surface area contributed by atoms with Crippen LogP contribution in [-0.4, -0.2) is 45.9 Å². The van der Waals surface area contributed by atoms with E-state index >= 15 is 0 Å². The average Bonchev–Trinajstić information content (AvgIpc) is 4.03. The van der Waals surface area contributed by atoms with Gasteiger partial charge in [0.2, 0.25) is 0 Å². The molecule has 0 amide bonds. The summed E-state index contributed by atoms with van der Waals surface area (Å²) in [7, 11) is -9.33. The van der Waals surface area contributed by atoms with Crippen molar-refractivity contribution in [2.24, 2.45) is 0 Å². The van der Waals surface area contributed by atoms with Gasteiger partial charge in [-0.15, -0.1) is 0 Å². The molecule has 0 spiro atoms. The van der Waals surface area contributed by atoms with Crippen molar-refractivity contribution in [2.45, 2.75) is 9.79 Å². The predicted molar refractivity (Wildman–Crippen MR) is 217 cm³/mol. The molecule has 8 bridgehead atoms. The third-order valence-electron chi connectivity index (χ3n) is 9.74. The maximum Gasteiger partial charge on any atom is 0.124 e. The fraction of sp³-hybridized carbons (Fsp3) is 0. The van der Waals surface area contributed by atoms with Crippen LogP contribution in [0.2, 0.25) is 0 Å². The van der Waals surface area contributed by atoms with Crippen LogP contribution in [0, 0.1) is 0 Å². The molecule has 0 aliphatic carbocycles. The van der Waals surface area contributed by atoms with Crippen LogP contribution < -0.4 is 0 Å². The zero-order chi connectivity index (χ0) is 38.6. The highest BCUT2D eigenvalue weighted by Crippen LogP contribution is 2.38. The van der Waals surface area contributed by atoms with Crippen LogP contribution in [0.3, 0.4) is 0 Å². The summed E-state index contributed by atoms with van der Waals surface area (Å²) in [6.45, 7) is 0. The molecule has 10 nitrogen and oxygen atoms in total. The lowest BCUT2D eigenvalue weighted by Crippen LogP contribution is -1.98. The zero-order valence-corrected chi connectivity index (χ0v) is 30.8. The van der Waals surface area contributed by atoms with Gasteiger partial charge in [0.05, 0.1) is 32.6 Å². The number of hydrogen-bond acceptors (Lipinski definition) is 8. The lowest BCUT2D eigenvalue weighted by atomic mass is 10.0. The standard InChI is InChI=1S/C44H30N4O6S2/c49-55(50,51)31-15-11-29(12-16-31)43-37-23-19-33(45-37)41(27-7-3-1-4-8-27)34-20-24-38(46-34)44(30-13-17-32(18-14-30)56(52,53)54)40-26-22-36(48-40)42(28-9-5-2-6-10-28)35-21-25-39(43)47-35/h1-26,45,48H,(H,49,50,51)(H,52,53,54)/p-2. The molecule has 2 aliphatic rings. The van der Waals surface area contributed by atoms with E-state index in [0.717, 1.165) is 33.3 Å². The fourth-order valence-electron chi connectivity index (χ4n) is 7.21. The number of aromatic nitrogens is 4. The van der Waals surface area contributed by atoms with Crippen LogP contribution in [0.25, 0.3) is 90.9 Å². The van der Waals surface area contributed by atoms with Crippen LogP contribution in [0.1, 0.15) is 22.8 Å². The molecule has 274 valence electrons. The van der Waals surface area contributed by atoms with E-state index in [1.54, 1.807) is 24.3 Å². The largest absolute Gasteiger partial charge is 0.744 e. The summed E-state index contributed by atoms with van der Waals surface area (Å²) < 4.78 is 71.1. The summed E-state index contributed by atoms with van der Waals surface area (Å²) in [6.07, 6.45) is 7.67. The smallest absolute Gasteiger partial charge is 0.124 e. The lowest BCUT2D eigenvalue weighted by molar-refractivity contribution is 0.461. The van der Waals surface area contributed by atoms with E-state index in [4.69, 9.17) is 9.97 Å². The van der Waals surface area contributed by atoms with E-state index in [0.29, 0.717) is 56.1 Å². The first-order chi connectivity index (χ1) is 27.0. The second kappa shape index (κ2) is 13.6. The van der Waals surface area contributed by atoms with E-state index in [-0.39, 0.29) is 9.79 Å². The zero-order valence-electron chi connectivity index (χ0n) is 29.2. The van der Waals surface area contributed by atoms with Crippen molar-refractivity contribution in [1.82, 2.24) is 19.9 Å². The summed E-state index contributed by atoms with van der Waals surface area (Å²) in [5.41, 5.74) is 11.5. The summed E-state index contributed by atoms with van der Waals surface area (Å²) in [4.78, 5) is 16.9. The van der Waals surface area contributed by atoms with Crippen LogP contribution >= 0.6 is 0 Å². The highest BCUT2D eigenvalue weighted by atomic mass is 32.2. The predicted octanol–water partition coefficient (Wildman–Crippen LogP) is 9.13. The van der Waals surface area contributed by atoms with Gasteiger partial charge in [0.1, 0.15) is 20.2 Å². The van der Waals surface area contributed by atoms with Crippen LogP contribution in [-0.2, 0) is 20.2 Å². The van der Waals surface area contributed by atoms with Gasteiger partial charge in [-0.25, -0.2) is 26.8 Å². The van der Waals surface area contributed by atoms with Crippen LogP contribution in [0.4, 0.5) is 0 Å². The van der Waals surface area contributed by atoms with Gasteiger partial charge in [-0.05, 0) is 95.1 Å². The highest BCUT2D eigenvalue weighted by molar-refractivity contribution is 7.86. The molecular weight excluding hydrogens is 745 g/mol. The van der Waals surface area contributed by atoms with E-state index in [9.17, 15) is 25.9 Å². The molecular formula is C44H28N4O6S2-2. The number of aromatic amines is 2. The second-order valence-electron chi connectivity index (χ2n) is 13.2. The van der Waals surface area contributed by atoms with Crippen molar-refractivity contribution in [3.8, 4) is 44.5 Å². The molecule has 7 aromatic rings. The molecule has 12 heteroatoms. The molecule has 0 radical (unpaired) electrons. The van der Waals surface area contributed by atoms with Crippen LogP contribution in [0.5, 0.6) is 0 Å². The molecule has 0 unspecified atom stereocenters. The van der Waals surface area contributed by atoms with Gasteiger partial charge in [-0.2, -0.15) is 0 Å². The van der Waals surface area contributed by atoms with Crippen molar-refractivity contribution in [3.63, 3.8) is 0 Å². The molecule has 9 rings (SSSR count). The quantitative estimate of drug-likeness (QED) is 0.158. The Labute approximate surface area is 321 Å². The second-order valence-corrected chi connectivity index (χ2v) is 16.0. The molecule has 2 aliphatic heterocycles. The molecule has 0 saturated heterocycles. The van der Waals surface area contributed by atoms with Crippen molar-refractivity contribution in [3.05, 3.63) is 156 Å². The SMILES string of the molecule is O=S(=O)([O-])c1ccc(-c2c3nc(c(-c4ccccc4)c4ccc([nH]4)c(-c4ccc(S(=O)(=O)[O-])cc4)c4nc(c(-c5ccccc5)c5ccc2[nH]5)C=C4)C=C3)cc1. The Bertz CT molecular complexity index is 2940. The Morgan fingerprint density at radius 2 is 0.625 bits per heavy atom. The van der Waals surface area contributed by atoms with Gasteiger partial charge in [0.25, 0.3) is 0 Å². The average molecular weight is 773 g/mol. The monoisotopic (exact) mass is 772 g/mol. The number of nitrogens with one attached hydrogen (secondary N) is 2. The van der Waals surface area contributed by atoms with Gasteiger partial charge in [0, 0.05) is 44.3 Å². The van der Waals surface area contributed by atoms with E-state index in [1.165, 1.54) is 24.3 Å². The lowest BCUT2D eigenvalue weighted by Gasteiger charge is -2.09. The Morgan fingerprint density at radius 3 is 0.893 bits per heavy atom. The molecule has 0 fully saturated rings. The Kier molecular flexibility index (Phi) is 8.48. The fourth-order valence-corrected chi connectivity index (χ4v) is 8.15. The summed E-state index contributed by atoms with van der Waals surface area (Å²) in [5.74, 6) is 0. The molecule has 4 aromatic carbocycles. The number of fused-ring (bicyclic) bond motifs is 8. The minimum Gasteiger partial charge on any atom is -0.744 e. The van der Waals surface area contributed by atoms with Gasteiger partial charge >= 0.3 is 0 Å². The molecule has 3 aromatic heterocycles. The Morgan fingerprint density at radius 1 is 0.357 bits per heavy atom. The van der Waals surface area contributed by atoms with Gasteiger partial charge in [-0.3, -0.25) is 0 Å². The summed E-state index contributed by atoms with van der Waals surface area (Å²) >= 11 is 0. The van der Waals surface area contributed by atoms with Crippen molar-refractivity contribution < 1.29 is 25.9 Å². The van der Waals surface area contributed by atoms with Gasteiger partial charge in [-0.1, -0.05) is 84.9 Å². The normalized spacial score (nSPS) is 12.6. The van der Waals surface area contributed by atoms with Crippen molar-refractivity contribution >= 4 is 66.6 Å². The number of nitrogens with zero attached hydrogens (tertiary/aromatic N) is 2. The van der Waals surface area contributed by atoms with Gasteiger partial charge in [0.15, 0.2) is 0 Å². The topological polar surface area (TPSA) is 172 Å². The first-order valence-electron chi connectivity index (χ1n) is 17.4. The van der Waals surface area contributed by atoms with E-state index in [1.807, 2.05) is 109 Å². The molecule has 2 N–H and O–H groups in total. The summed E-state index contributed by atoms with van der Waals surface area (Å²) in [5, 5.41) is 0. The highest BCUT2D eigenvalue weighted by Gasteiger charge is 2.19. The minimum atomic E-state index is -4.67. The minimum absolute atomic E-state index is 0.332. The Balaban J connectivity index is 1.44. The Hall–Kier alpha value is -6.70. The van der Waals surface area contributed by atoms with Crippen molar-refractivity contribution in [1.29, 1.82) is 0 Å². The number of hydrogen-bond donors (Lipinski definition) is 2. The molecule has 0 atom stereocenters. The molecule has 0 saturated carbocycles. The first-order valence-corrected chi connectivity index (χ1v) is 20.2. The maximum atomic E-state index is 11.9.